The average molecular weight is 451 g/mol. The van der Waals surface area contributed by atoms with Crippen molar-refractivity contribution >= 4 is 33.4 Å². The molecule has 2 N–H and O–H groups in total. The van der Waals surface area contributed by atoms with Gasteiger partial charge in [-0.15, -0.1) is 6.42 Å². The van der Waals surface area contributed by atoms with E-state index >= 15 is 0 Å². The number of phenols is 1. The highest BCUT2D eigenvalue weighted by atomic mass is 79.9. The molecule has 0 fully saturated rings. The zero-order valence-electron chi connectivity index (χ0n) is 15.2. The van der Waals surface area contributed by atoms with E-state index < -0.39 is 0 Å². The van der Waals surface area contributed by atoms with Crippen LogP contribution in [0.3, 0.4) is 0 Å². The Hall–Kier alpha value is -2.16. The van der Waals surface area contributed by atoms with E-state index in [1.807, 2.05) is 26.0 Å². The van der Waals surface area contributed by atoms with Crippen molar-refractivity contribution in [2.45, 2.75) is 26.2 Å². The van der Waals surface area contributed by atoms with E-state index in [4.69, 9.17) is 22.8 Å². The first-order valence-electron chi connectivity index (χ1n) is 8.44. The smallest absolute Gasteiger partial charge is 0.258 e. The van der Waals surface area contributed by atoms with Crippen LogP contribution < -0.4 is 10.1 Å². The number of amides is 1. The number of phenolic OH excluding ortho intramolecular Hbond substituents is 1. The molecule has 0 aliphatic rings. The number of benzene rings is 2. The van der Waals surface area contributed by atoms with Crippen molar-refractivity contribution in [2.24, 2.45) is 0 Å². The molecule has 0 spiro atoms. The Kier molecular flexibility index (Phi) is 7.58. The van der Waals surface area contributed by atoms with E-state index in [1.54, 1.807) is 18.2 Å². The van der Waals surface area contributed by atoms with Gasteiger partial charge in [0.1, 0.15) is 11.5 Å². The van der Waals surface area contributed by atoms with Gasteiger partial charge in [-0.1, -0.05) is 59.4 Å². The lowest BCUT2D eigenvalue weighted by atomic mass is 9.96. The first-order chi connectivity index (χ1) is 12.8. The van der Waals surface area contributed by atoms with Crippen molar-refractivity contribution in [3.8, 4) is 23.8 Å². The van der Waals surface area contributed by atoms with E-state index in [9.17, 15) is 9.90 Å². The third-order valence-corrected chi connectivity index (χ3v) is 5.01. The molecule has 0 heterocycles. The quantitative estimate of drug-likeness (QED) is 0.604. The van der Waals surface area contributed by atoms with Crippen LogP contribution in [0.1, 0.15) is 36.5 Å². The maximum absolute atomic E-state index is 11.6. The highest BCUT2D eigenvalue weighted by molar-refractivity contribution is 9.10. The molecule has 0 atom stereocenters. The second-order valence-electron chi connectivity index (χ2n) is 6.36. The molecular formula is C21H21BrClNO3. The van der Waals surface area contributed by atoms with Crippen LogP contribution >= 0.6 is 27.5 Å². The summed E-state index contributed by atoms with van der Waals surface area (Å²) in [5.74, 6) is 3.04. The number of ether oxygens (including phenoxy) is 1. The Morgan fingerprint density at radius 2 is 2.11 bits per heavy atom. The van der Waals surface area contributed by atoms with Gasteiger partial charge in [0, 0.05) is 15.9 Å². The van der Waals surface area contributed by atoms with Crippen LogP contribution in [0.5, 0.6) is 11.5 Å². The summed E-state index contributed by atoms with van der Waals surface area (Å²) >= 11 is 9.96. The highest BCUT2D eigenvalue weighted by Gasteiger charge is 2.13. The molecule has 2 rings (SSSR count). The van der Waals surface area contributed by atoms with Gasteiger partial charge in [0.05, 0.1) is 6.54 Å². The monoisotopic (exact) mass is 449 g/mol. The third-order valence-electron chi connectivity index (χ3n) is 3.97. The number of halogens is 2. The van der Waals surface area contributed by atoms with Crippen LogP contribution in [0.4, 0.5) is 0 Å². The minimum atomic E-state index is -0.297. The molecule has 2 aromatic rings. The largest absolute Gasteiger partial charge is 0.508 e. The Labute approximate surface area is 173 Å². The summed E-state index contributed by atoms with van der Waals surface area (Å²) in [7, 11) is 0. The van der Waals surface area contributed by atoms with E-state index in [0.29, 0.717) is 22.9 Å². The van der Waals surface area contributed by atoms with Crippen molar-refractivity contribution in [3.05, 3.63) is 56.5 Å². The van der Waals surface area contributed by atoms with Gasteiger partial charge < -0.3 is 15.2 Å². The molecule has 1 amide bonds. The molecular weight excluding hydrogens is 430 g/mol. The second-order valence-corrected chi connectivity index (χ2v) is 7.62. The predicted octanol–water partition coefficient (Wildman–Crippen LogP) is 4.65. The molecule has 6 heteroatoms. The van der Waals surface area contributed by atoms with E-state index in [-0.39, 0.29) is 25.0 Å². The fourth-order valence-corrected chi connectivity index (χ4v) is 3.53. The molecule has 27 heavy (non-hydrogen) atoms. The zero-order chi connectivity index (χ0) is 20.0. The van der Waals surface area contributed by atoms with Gasteiger partial charge in [0.15, 0.2) is 6.61 Å². The summed E-state index contributed by atoms with van der Waals surface area (Å²) in [5.41, 5.74) is 2.85. The van der Waals surface area contributed by atoms with Crippen molar-refractivity contribution in [1.82, 2.24) is 5.32 Å². The predicted molar refractivity (Wildman–Crippen MR) is 111 cm³/mol. The molecule has 0 aliphatic heterocycles. The van der Waals surface area contributed by atoms with Crippen molar-refractivity contribution in [3.63, 3.8) is 0 Å². The zero-order valence-corrected chi connectivity index (χ0v) is 17.5. The van der Waals surface area contributed by atoms with Gasteiger partial charge in [-0.2, -0.15) is 0 Å². The first-order valence-corrected chi connectivity index (χ1v) is 9.61. The number of aromatic hydroxyl groups is 1. The summed E-state index contributed by atoms with van der Waals surface area (Å²) in [4.78, 5) is 11.6. The van der Waals surface area contributed by atoms with Crippen LogP contribution in [-0.4, -0.2) is 24.2 Å². The number of carbonyl (C=O) groups excluding carboxylic acids is 1. The molecule has 0 unspecified atom stereocenters. The molecule has 0 bridgehead atoms. The lowest BCUT2D eigenvalue weighted by Crippen LogP contribution is -2.29. The molecule has 0 aliphatic carbocycles. The standard InChI is InChI=1S/C21H21BrClNO3/c1-4-7-24-21(26)12-27-15-10-18(22)17(19(23)11-15)9-14-5-6-20(25)16(8-14)13(2)3/h1,5-6,8,10-11,13,25H,7,9,12H2,2-3H3,(H,24,26). The third kappa shape index (κ3) is 5.92. The number of terminal acetylenes is 1. The van der Waals surface area contributed by atoms with Crippen molar-refractivity contribution in [1.29, 1.82) is 0 Å². The van der Waals surface area contributed by atoms with Gasteiger partial charge in [-0.25, -0.2) is 0 Å². The SMILES string of the molecule is C#CCNC(=O)COc1cc(Cl)c(Cc2ccc(O)c(C(C)C)c2)c(Br)c1. The number of rotatable bonds is 7. The fourth-order valence-electron chi connectivity index (χ4n) is 2.56. The fraction of sp³-hybridized carbons (Fsp3) is 0.286. The van der Waals surface area contributed by atoms with E-state index in [2.05, 4.69) is 27.2 Å². The van der Waals surface area contributed by atoms with Crippen LogP contribution in [0.25, 0.3) is 0 Å². The average Bonchev–Trinajstić information content (AvgIpc) is 2.62. The summed E-state index contributed by atoms with van der Waals surface area (Å²) in [6, 6.07) is 9.03. The Morgan fingerprint density at radius 3 is 2.74 bits per heavy atom. The number of nitrogens with one attached hydrogen (secondary N) is 1. The molecule has 2 aromatic carbocycles. The van der Waals surface area contributed by atoms with Gasteiger partial charge in [0.25, 0.3) is 5.91 Å². The van der Waals surface area contributed by atoms with Crippen LogP contribution in [-0.2, 0) is 11.2 Å². The Balaban J connectivity index is 2.14. The maximum Gasteiger partial charge on any atom is 0.258 e. The minimum absolute atomic E-state index is 0.139. The van der Waals surface area contributed by atoms with E-state index in [0.717, 1.165) is 21.2 Å². The summed E-state index contributed by atoms with van der Waals surface area (Å²) in [6.07, 6.45) is 5.69. The van der Waals surface area contributed by atoms with Gasteiger partial charge >= 0.3 is 0 Å². The minimum Gasteiger partial charge on any atom is -0.508 e. The number of carbonyl (C=O) groups is 1. The normalized spacial score (nSPS) is 10.5. The maximum atomic E-state index is 11.6. The molecule has 4 nitrogen and oxygen atoms in total. The Bertz CT molecular complexity index is 851. The number of hydrogen-bond donors (Lipinski definition) is 2. The molecule has 0 radical (unpaired) electrons. The van der Waals surface area contributed by atoms with Crippen molar-refractivity contribution in [2.75, 3.05) is 13.2 Å². The summed E-state index contributed by atoms with van der Waals surface area (Å²) in [6.45, 7) is 4.09. The second kappa shape index (κ2) is 9.68. The Morgan fingerprint density at radius 1 is 1.37 bits per heavy atom. The van der Waals surface area contributed by atoms with Crippen molar-refractivity contribution < 1.29 is 14.6 Å². The molecule has 142 valence electrons. The summed E-state index contributed by atoms with van der Waals surface area (Å²) < 4.78 is 6.26. The van der Waals surface area contributed by atoms with Crippen LogP contribution in [0.2, 0.25) is 5.02 Å². The van der Waals surface area contributed by atoms with Gasteiger partial charge in [-0.05, 0) is 40.8 Å². The molecule has 0 aromatic heterocycles. The first kappa shape index (κ1) is 21.1. The summed E-state index contributed by atoms with van der Waals surface area (Å²) in [5, 5.41) is 13.0. The van der Waals surface area contributed by atoms with Gasteiger partial charge in [0.2, 0.25) is 0 Å². The molecule has 0 saturated heterocycles. The highest BCUT2D eigenvalue weighted by Crippen LogP contribution is 2.34. The van der Waals surface area contributed by atoms with Gasteiger partial charge in [-0.3, -0.25) is 4.79 Å². The number of hydrogen-bond acceptors (Lipinski definition) is 3. The van der Waals surface area contributed by atoms with Crippen LogP contribution in [0.15, 0.2) is 34.8 Å². The molecule has 0 saturated carbocycles. The topological polar surface area (TPSA) is 58.6 Å². The lowest BCUT2D eigenvalue weighted by Gasteiger charge is -2.14. The van der Waals surface area contributed by atoms with Crippen LogP contribution in [0, 0.1) is 12.3 Å². The van der Waals surface area contributed by atoms with E-state index in [1.165, 1.54) is 0 Å². The lowest BCUT2D eigenvalue weighted by molar-refractivity contribution is -0.122.